The summed E-state index contributed by atoms with van der Waals surface area (Å²) in [5, 5.41) is 0. The Balaban J connectivity index is 2.33. The van der Waals surface area contributed by atoms with Gasteiger partial charge in [0.1, 0.15) is 0 Å². The highest BCUT2D eigenvalue weighted by Gasteiger charge is 2.29. The van der Waals surface area contributed by atoms with Gasteiger partial charge in [-0.05, 0) is 5.57 Å². The second-order valence-electron chi connectivity index (χ2n) is 2.52. The molecule has 0 amide bonds. The van der Waals surface area contributed by atoms with Crippen LogP contribution in [-0.2, 0) is 9.53 Å². The van der Waals surface area contributed by atoms with E-state index < -0.39 is 0 Å². The van der Waals surface area contributed by atoms with Gasteiger partial charge in [0.05, 0.1) is 12.7 Å². The van der Waals surface area contributed by atoms with Gasteiger partial charge in [-0.25, -0.2) is 0 Å². The topological polar surface area (TPSA) is 26.3 Å². The van der Waals surface area contributed by atoms with E-state index in [-0.39, 0.29) is 11.9 Å². The number of carbonyl (C=O) groups excluding carboxylic acids is 1. The quantitative estimate of drug-likeness (QED) is 0.474. The van der Waals surface area contributed by atoms with E-state index in [1.165, 1.54) is 0 Å². The summed E-state index contributed by atoms with van der Waals surface area (Å²) < 4.78 is 5.24. The lowest BCUT2D eigenvalue weighted by Gasteiger charge is -2.10. The molecule has 2 heteroatoms. The molecular formula is C7H8O2. The van der Waals surface area contributed by atoms with E-state index >= 15 is 0 Å². The zero-order valence-corrected chi connectivity index (χ0v) is 5.09. The van der Waals surface area contributed by atoms with Crippen molar-refractivity contribution >= 4 is 5.78 Å². The minimum atomic E-state index is 0.220. The molecule has 2 aliphatic rings. The van der Waals surface area contributed by atoms with Crippen LogP contribution in [0.1, 0.15) is 12.8 Å². The maximum absolute atomic E-state index is 10.9. The van der Waals surface area contributed by atoms with E-state index in [1.807, 2.05) is 6.08 Å². The van der Waals surface area contributed by atoms with Gasteiger partial charge in [-0.15, -0.1) is 0 Å². The number of ether oxygens (including phenoxy) is 1. The van der Waals surface area contributed by atoms with Crippen LogP contribution in [0.4, 0.5) is 0 Å². The second kappa shape index (κ2) is 1.67. The first-order valence-electron chi connectivity index (χ1n) is 3.20. The normalized spacial score (nSPS) is 32.7. The molecule has 48 valence electrons. The van der Waals surface area contributed by atoms with Crippen molar-refractivity contribution in [3.05, 3.63) is 11.6 Å². The summed E-state index contributed by atoms with van der Waals surface area (Å²) in [6.45, 7) is 0.645. The standard InChI is InChI=1S/C7H8O2/c8-7-4-6-3-5(7)1-2-9-6/h1,6H,2-4H2/t6-/m0/s1. The fourth-order valence-corrected chi connectivity index (χ4v) is 1.37. The molecule has 2 rings (SSSR count). The van der Waals surface area contributed by atoms with Crippen molar-refractivity contribution in [2.45, 2.75) is 18.9 Å². The molecule has 1 atom stereocenters. The van der Waals surface area contributed by atoms with Gasteiger partial charge in [0.25, 0.3) is 0 Å². The third kappa shape index (κ3) is 0.704. The molecule has 1 aliphatic carbocycles. The summed E-state index contributed by atoms with van der Waals surface area (Å²) in [7, 11) is 0. The average Bonchev–Trinajstić information content (AvgIpc) is 2.09. The minimum absolute atomic E-state index is 0.220. The summed E-state index contributed by atoms with van der Waals surface area (Å²) in [5.74, 6) is 0.289. The van der Waals surface area contributed by atoms with Crippen LogP contribution in [0.2, 0.25) is 0 Å². The molecular weight excluding hydrogens is 116 g/mol. The number of hydrogen-bond donors (Lipinski definition) is 0. The molecule has 0 unspecified atom stereocenters. The number of rotatable bonds is 0. The smallest absolute Gasteiger partial charge is 0.161 e. The fourth-order valence-electron chi connectivity index (χ4n) is 1.37. The molecule has 0 radical (unpaired) electrons. The van der Waals surface area contributed by atoms with Gasteiger partial charge in [-0.2, -0.15) is 0 Å². The second-order valence-corrected chi connectivity index (χ2v) is 2.52. The molecule has 0 aromatic rings. The van der Waals surface area contributed by atoms with Crippen molar-refractivity contribution in [2.75, 3.05) is 6.61 Å². The van der Waals surface area contributed by atoms with Gasteiger partial charge in [0, 0.05) is 12.8 Å². The first kappa shape index (κ1) is 5.18. The Bertz CT molecular complexity index is 181. The minimum Gasteiger partial charge on any atom is -0.373 e. The average molecular weight is 124 g/mol. The molecule has 1 heterocycles. The first-order valence-corrected chi connectivity index (χ1v) is 3.20. The van der Waals surface area contributed by atoms with Crippen molar-refractivity contribution in [3.63, 3.8) is 0 Å². The third-order valence-corrected chi connectivity index (χ3v) is 1.88. The molecule has 1 fully saturated rings. The van der Waals surface area contributed by atoms with Crippen LogP contribution in [0.25, 0.3) is 0 Å². The molecule has 0 aromatic heterocycles. The summed E-state index contributed by atoms with van der Waals surface area (Å²) in [6, 6.07) is 0. The molecule has 0 aromatic carbocycles. The molecule has 2 bridgehead atoms. The maximum atomic E-state index is 10.9. The number of carbonyl (C=O) groups is 1. The zero-order chi connectivity index (χ0) is 6.27. The van der Waals surface area contributed by atoms with Crippen molar-refractivity contribution < 1.29 is 9.53 Å². The number of hydrogen-bond acceptors (Lipinski definition) is 2. The lowest BCUT2D eigenvalue weighted by Crippen LogP contribution is -2.10. The van der Waals surface area contributed by atoms with Crippen molar-refractivity contribution in [3.8, 4) is 0 Å². The molecule has 2 nitrogen and oxygen atoms in total. The molecule has 0 spiro atoms. The Kier molecular flexibility index (Phi) is 0.963. The Morgan fingerprint density at radius 1 is 1.56 bits per heavy atom. The predicted molar refractivity (Wildman–Crippen MR) is 32.1 cm³/mol. The van der Waals surface area contributed by atoms with Gasteiger partial charge in [0.15, 0.2) is 5.78 Å². The molecule has 1 saturated carbocycles. The van der Waals surface area contributed by atoms with Gasteiger partial charge in [-0.1, -0.05) is 6.08 Å². The molecule has 0 N–H and O–H groups in total. The number of ketones is 1. The zero-order valence-electron chi connectivity index (χ0n) is 5.09. The fraction of sp³-hybridized carbons (Fsp3) is 0.571. The van der Waals surface area contributed by atoms with Gasteiger partial charge < -0.3 is 4.74 Å². The van der Waals surface area contributed by atoms with E-state index in [4.69, 9.17) is 4.74 Å². The first-order chi connectivity index (χ1) is 4.36. The summed E-state index contributed by atoms with van der Waals surface area (Å²) >= 11 is 0. The van der Waals surface area contributed by atoms with E-state index in [1.54, 1.807) is 0 Å². The van der Waals surface area contributed by atoms with Crippen LogP contribution in [0.3, 0.4) is 0 Å². The van der Waals surface area contributed by atoms with Gasteiger partial charge in [-0.3, -0.25) is 4.79 Å². The lowest BCUT2D eigenvalue weighted by atomic mass is 10.2. The molecule has 1 aliphatic heterocycles. The van der Waals surface area contributed by atoms with Crippen LogP contribution < -0.4 is 0 Å². The maximum Gasteiger partial charge on any atom is 0.161 e. The van der Waals surface area contributed by atoms with Crippen LogP contribution >= 0.6 is 0 Å². The summed E-state index contributed by atoms with van der Waals surface area (Å²) in [6.07, 6.45) is 3.59. The van der Waals surface area contributed by atoms with Gasteiger partial charge >= 0.3 is 0 Å². The van der Waals surface area contributed by atoms with Crippen molar-refractivity contribution in [1.82, 2.24) is 0 Å². The van der Waals surface area contributed by atoms with E-state index in [2.05, 4.69) is 0 Å². The highest BCUT2D eigenvalue weighted by molar-refractivity contribution is 5.98. The Hall–Kier alpha value is -0.630. The van der Waals surface area contributed by atoms with Crippen LogP contribution in [0.15, 0.2) is 11.6 Å². The Labute approximate surface area is 53.5 Å². The number of fused-ring (bicyclic) bond motifs is 2. The summed E-state index contributed by atoms with van der Waals surface area (Å²) in [5.41, 5.74) is 0.992. The predicted octanol–water partition coefficient (Wildman–Crippen LogP) is 0.674. The SMILES string of the molecule is O=C1C[C@@H]2CC1=CCO2. The molecule has 0 saturated heterocycles. The van der Waals surface area contributed by atoms with Gasteiger partial charge in [0.2, 0.25) is 0 Å². The highest BCUT2D eigenvalue weighted by Crippen LogP contribution is 2.27. The van der Waals surface area contributed by atoms with E-state index in [9.17, 15) is 4.79 Å². The third-order valence-electron chi connectivity index (χ3n) is 1.88. The van der Waals surface area contributed by atoms with Crippen LogP contribution in [0, 0.1) is 0 Å². The lowest BCUT2D eigenvalue weighted by molar-refractivity contribution is -0.115. The van der Waals surface area contributed by atoms with Crippen LogP contribution in [0.5, 0.6) is 0 Å². The summed E-state index contributed by atoms with van der Waals surface area (Å²) in [4.78, 5) is 10.9. The Morgan fingerprint density at radius 2 is 2.44 bits per heavy atom. The van der Waals surface area contributed by atoms with E-state index in [0.717, 1.165) is 12.0 Å². The largest absolute Gasteiger partial charge is 0.373 e. The molecule has 9 heavy (non-hydrogen) atoms. The van der Waals surface area contributed by atoms with Crippen molar-refractivity contribution in [2.24, 2.45) is 0 Å². The highest BCUT2D eigenvalue weighted by atomic mass is 16.5. The Morgan fingerprint density at radius 3 is 3.11 bits per heavy atom. The van der Waals surface area contributed by atoms with E-state index in [0.29, 0.717) is 13.0 Å². The van der Waals surface area contributed by atoms with Crippen molar-refractivity contribution in [1.29, 1.82) is 0 Å². The monoisotopic (exact) mass is 124 g/mol. The van der Waals surface area contributed by atoms with Crippen LogP contribution in [-0.4, -0.2) is 18.5 Å². The number of Topliss-reactive ketones (excluding diaryl/α,β-unsaturated/α-hetero) is 1.